The van der Waals surface area contributed by atoms with Crippen LogP contribution in [0.2, 0.25) is 0 Å². The van der Waals surface area contributed by atoms with Gasteiger partial charge in [-0.15, -0.1) is 0 Å². The topological polar surface area (TPSA) is 55.8 Å². The van der Waals surface area contributed by atoms with Gasteiger partial charge in [-0.2, -0.15) is 4.31 Å². The predicted octanol–water partition coefficient (Wildman–Crippen LogP) is 2.65. The Hall–Kier alpha value is -0.630. The molecule has 1 atom stereocenters. The summed E-state index contributed by atoms with van der Waals surface area (Å²) in [5, 5.41) is 0. The van der Waals surface area contributed by atoms with E-state index in [9.17, 15) is 8.42 Å². The SMILES string of the molecule is CCN(CC1CCCO1)S(=O)(=O)c1cc(Br)ccc1OC. The molecule has 118 valence electrons. The molecule has 0 radical (unpaired) electrons. The van der Waals surface area contributed by atoms with Gasteiger partial charge in [-0.05, 0) is 31.0 Å². The van der Waals surface area contributed by atoms with Crippen molar-refractivity contribution in [3.63, 3.8) is 0 Å². The van der Waals surface area contributed by atoms with Gasteiger partial charge >= 0.3 is 0 Å². The molecular weight excluding hydrogens is 358 g/mol. The van der Waals surface area contributed by atoms with E-state index in [0.29, 0.717) is 29.9 Å². The lowest BCUT2D eigenvalue weighted by atomic mass is 10.2. The number of hydrogen-bond acceptors (Lipinski definition) is 4. The monoisotopic (exact) mass is 377 g/mol. The first-order valence-electron chi connectivity index (χ1n) is 6.94. The van der Waals surface area contributed by atoms with Gasteiger partial charge in [-0.25, -0.2) is 8.42 Å². The Labute approximate surface area is 134 Å². The molecule has 0 aromatic heterocycles. The molecule has 1 aliphatic rings. The minimum Gasteiger partial charge on any atom is -0.495 e. The Morgan fingerprint density at radius 2 is 2.24 bits per heavy atom. The summed E-state index contributed by atoms with van der Waals surface area (Å²) >= 11 is 3.31. The fourth-order valence-corrected chi connectivity index (χ4v) is 4.58. The molecule has 1 unspecified atom stereocenters. The summed E-state index contributed by atoms with van der Waals surface area (Å²) in [5.74, 6) is 0.351. The molecule has 2 rings (SSSR count). The minimum atomic E-state index is -3.61. The van der Waals surface area contributed by atoms with Gasteiger partial charge < -0.3 is 9.47 Å². The smallest absolute Gasteiger partial charge is 0.246 e. The Kier molecular flexibility index (Phi) is 5.65. The molecule has 0 amide bonds. The number of halogens is 1. The molecule has 0 spiro atoms. The Morgan fingerprint density at radius 1 is 1.48 bits per heavy atom. The summed E-state index contributed by atoms with van der Waals surface area (Å²) in [5.41, 5.74) is 0. The molecule has 0 bridgehead atoms. The number of methoxy groups -OCH3 is 1. The lowest BCUT2D eigenvalue weighted by molar-refractivity contribution is 0.0946. The molecule has 21 heavy (non-hydrogen) atoms. The third-order valence-corrected chi connectivity index (χ3v) is 5.98. The van der Waals surface area contributed by atoms with E-state index in [1.54, 1.807) is 18.2 Å². The van der Waals surface area contributed by atoms with Crippen molar-refractivity contribution in [3.05, 3.63) is 22.7 Å². The van der Waals surface area contributed by atoms with Crippen molar-refractivity contribution in [2.45, 2.75) is 30.8 Å². The third kappa shape index (κ3) is 3.77. The maximum atomic E-state index is 12.9. The van der Waals surface area contributed by atoms with Crippen LogP contribution in [0.4, 0.5) is 0 Å². The second kappa shape index (κ2) is 7.09. The van der Waals surface area contributed by atoms with E-state index in [-0.39, 0.29) is 11.0 Å². The lowest BCUT2D eigenvalue weighted by Gasteiger charge is -2.24. The molecule has 0 saturated carbocycles. The molecule has 7 heteroatoms. The van der Waals surface area contributed by atoms with Crippen LogP contribution in [0.3, 0.4) is 0 Å². The van der Waals surface area contributed by atoms with Crippen molar-refractivity contribution in [1.82, 2.24) is 4.31 Å². The Balaban J connectivity index is 2.32. The zero-order chi connectivity index (χ0) is 15.5. The maximum absolute atomic E-state index is 12.9. The van der Waals surface area contributed by atoms with Gasteiger partial charge in [0.2, 0.25) is 10.0 Å². The summed E-state index contributed by atoms with van der Waals surface area (Å²) < 4.78 is 38.6. The predicted molar refractivity (Wildman–Crippen MR) is 84.1 cm³/mol. The molecule has 1 aliphatic heterocycles. The van der Waals surface area contributed by atoms with E-state index < -0.39 is 10.0 Å². The standard InChI is InChI=1S/C14H20BrNO4S/c1-3-16(10-12-5-4-8-20-12)21(17,18)14-9-11(15)6-7-13(14)19-2/h6-7,9,12H,3-5,8,10H2,1-2H3. The second-order valence-corrected chi connectivity index (χ2v) is 7.71. The average molecular weight is 378 g/mol. The highest BCUT2D eigenvalue weighted by molar-refractivity contribution is 9.10. The molecule has 0 aliphatic carbocycles. The first-order chi connectivity index (χ1) is 9.98. The molecule has 1 heterocycles. The average Bonchev–Trinajstić information content (AvgIpc) is 2.97. The zero-order valence-electron chi connectivity index (χ0n) is 12.2. The van der Waals surface area contributed by atoms with Gasteiger partial charge in [0, 0.05) is 24.2 Å². The van der Waals surface area contributed by atoms with Crippen LogP contribution in [0, 0.1) is 0 Å². The summed E-state index contributed by atoms with van der Waals surface area (Å²) in [7, 11) is -2.13. The van der Waals surface area contributed by atoms with Crippen LogP contribution in [0.5, 0.6) is 5.75 Å². The van der Waals surface area contributed by atoms with Crippen molar-refractivity contribution in [1.29, 1.82) is 0 Å². The van der Waals surface area contributed by atoms with Crippen molar-refractivity contribution in [2.75, 3.05) is 26.8 Å². The van der Waals surface area contributed by atoms with Crippen LogP contribution in [-0.2, 0) is 14.8 Å². The number of rotatable bonds is 6. The van der Waals surface area contributed by atoms with Gasteiger partial charge in [0.25, 0.3) is 0 Å². The van der Waals surface area contributed by atoms with Crippen LogP contribution in [0.25, 0.3) is 0 Å². The van der Waals surface area contributed by atoms with Crippen molar-refractivity contribution >= 4 is 26.0 Å². The summed E-state index contributed by atoms with van der Waals surface area (Å²) in [6.45, 7) is 3.33. The van der Waals surface area contributed by atoms with E-state index >= 15 is 0 Å². The fraction of sp³-hybridized carbons (Fsp3) is 0.571. The summed E-state index contributed by atoms with van der Waals surface area (Å²) in [6.07, 6.45) is 1.88. The largest absolute Gasteiger partial charge is 0.495 e. The van der Waals surface area contributed by atoms with Gasteiger partial charge in [0.15, 0.2) is 0 Å². The first kappa shape index (κ1) is 16.7. The minimum absolute atomic E-state index is 0.0159. The highest BCUT2D eigenvalue weighted by Crippen LogP contribution is 2.30. The first-order valence-corrected chi connectivity index (χ1v) is 9.17. The summed E-state index contributed by atoms with van der Waals surface area (Å²) in [6, 6.07) is 4.98. The normalized spacial score (nSPS) is 19.1. The Bertz CT molecular complexity index is 585. The van der Waals surface area contributed by atoms with E-state index in [2.05, 4.69) is 15.9 Å². The number of sulfonamides is 1. The highest BCUT2D eigenvalue weighted by atomic mass is 79.9. The van der Waals surface area contributed by atoms with Crippen LogP contribution in [0.1, 0.15) is 19.8 Å². The van der Waals surface area contributed by atoms with E-state index in [1.807, 2.05) is 6.92 Å². The molecule has 1 saturated heterocycles. The van der Waals surface area contributed by atoms with Crippen LogP contribution in [0.15, 0.2) is 27.6 Å². The van der Waals surface area contributed by atoms with Gasteiger partial charge in [-0.1, -0.05) is 22.9 Å². The number of benzene rings is 1. The van der Waals surface area contributed by atoms with Gasteiger partial charge in [0.1, 0.15) is 10.6 Å². The Morgan fingerprint density at radius 3 is 2.81 bits per heavy atom. The van der Waals surface area contributed by atoms with Crippen LogP contribution >= 0.6 is 15.9 Å². The number of ether oxygens (including phenoxy) is 2. The quantitative estimate of drug-likeness (QED) is 0.764. The van der Waals surface area contributed by atoms with Crippen molar-refractivity contribution < 1.29 is 17.9 Å². The molecule has 5 nitrogen and oxygen atoms in total. The zero-order valence-corrected chi connectivity index (χ0v) is 14.6. The van der Waals surface area contributed by atoms with Crippen LogP contribution < -0.4 is 4.74 Å². The van der Waals surface area contributed by atoms with Gasteiger partial charge in [0.05, 0.1) is 13.2 Å². The van der Waals surface area contributed by atoms with E-state index in [0.717, 1.165) is 12.8 Å². The highest BCUT2D eigenvalue weighted by Gasteiger charge is 2.30. The van der Waals surface area contributed by atoms with Gasteiger partial charge in [-0.3, -0.25) is 0 Å². The van der Waals surface area contributed by atoms with Crippen molar-refractivity contribution in [3.8, 4) is 5.75 Å². The second-order valence-electron chi connectivity index (χ2n) is 4.89. The number of likely N-dealkylation sites (N-methyl/N-ethyl adjacent to an activating group) is 1. The van der Waals surface area contributed by atoms with E-state index in [4.69, 9.17) is 9.47 Å². The van der Waals surface area contributed by atoms with Crippen LogP contribution in [-0.4, -0.2) is 45.6 Å². The maximum Gasteiger partial charge on any atom is 0.246 e. The fourth-order valence-electron chi connectivity index (χ4n) is 2.40. The molecule has 1 fully saturated rings. The number of nitrogens with zero attached hydrogens (tertiary/aromatic N) is 1. The molecule has 1 aromatic carbocycles. The van der Waals surface area contributed by atoms with Crippen molar-refractivity contribution in [2.24, 2.45) is 0 Å². The number of hydrogen-bond donors (Lipinski definition) is 0. The van der Waals surface area contributed by atoms with E-state index in [1.165, 1.54) is 11.4 Å². The lowest BCUT2D eigenvalue weighted by Crippen LogP contribution is -2.37. The molecule has 1 aromatic rings. The molecular formula is C14H20BrNO4S. The summed E-state index contributed by atoms with van der Waals surface area (Å²) in [4.78, 5) is 0.180. The third-order valence-electron chi connectivity index (χ3n) is 3.53. The molecule has 0 N–H and O–H groups in total.